The second kappa shape index (κ2) is 12.0. The lowest BCUT2D eigenvalue weighted by atomic mass is 9.92. The standard InChI is InChI=1S/C22H28N6O.2ClH/c1-3-21-25-26-27-28(21)18-11-12-20(29-2)17(14-18)15-24-19-10-7-13-23-22(19)16-8-5-4-6-9-16;;/h4-6,8-9,11-12,14,19,22-24H,3,7,10,13,15H2,1-2H3;2*1H/t19-,22-;;/m0../s1. The molecule has 1 saturated heterocycles. The molecule has 2 heterocycles. The maximum absolute atomic E-state index is 5.61. The number of piperidine rings is 1. The number of hydrogen-bond acceptors (Lipinski definition) is 6. The molecule has 0 unspecified atom stereocenters. The van der Waals surface area contributed by atoms with E-state index in [1.54, 1.807) is 11.8 Å². The molecule has 3 aromatic rings. The third-order valence-electron chi connectivity index (χ3n) is 5.53. The van der Waals surface area contributed by atoms with Crippen molar-refractivity contribution >= 4 is 24.8 Å². The number of aromatic nitrogens is 4. The van der Waals surface area contributed by atoms with E-state index in [-0.39, 0.29) is 24.8 Å². The highest BCUT2D eigenvalue weighted by molar-refractivity contribution is 5.85. The number of rotatable bonds is 7. The van der Waals surface area contributed by atoms with E-state index in [0.29, 0.717) is 12.1 Å². The largest absolute Gasteiger partial charge is 0.496 e. The summed E-state index contributed by atoms with van der Waals surface area (Å²) in [6.07, 6.45) is 3.09. The highest BCUT2D eigenvalue weighted by atomic mass is 35.5. The first-order chi connectivity index (χ1) is 14.3. The molecule has 0 amide bonds. The van der Waals surface area contributed by atoms with Crippen molar-refractivity contribution in [2.45, 2.75) is 44.8 Å². The molecule has 0 saturated carbocycles. The van der Waals surface area contributed by atoms with Crippen molar-refractivity contribution in [1.29, 1.82) is 0 Å². The summed E-state index contributed by atoms with van der Waals surface area (Å²) in [5, 5.41) is 19.5. The summed E-state index contributed by atoms with van der Waals surface area (Å²) in [6.45, 7) is 3.82. The van der Waals surface area contributed by atoms with Gasteiger partial charge >= 0.3 is 0 Å². The van der Waals surface area contributed by atoms with Gasteiger partial charge in [0.15, 0.2) is 5.82 Å². The number of benzene rings is 2. The van der Waals surface area contributed by atoms with Crippen molar-refractivity contribution in [1.82, 2.24) is 30.8 Å². The lowest BCUT2D eigenvalue weighted by Crippen LogP contribution is -2.45. The molecule has 168 valence electrons. The predicted molar refractivity (Wildman–Crippen MR) is 127 cm³/mol. The zero-order valence-electron chi connectivity index (χ0n) is 17.8. The Kier molecular flexibility index (Phi) is 9.71. The van der Waals surface area contributed by atoms with Gasteiger partial charge in [0, 0.05) is 30.6 Å². The summed E-state index contributed by atoms with van der Waals surface area (Å²) in [4.78, 5) is 0. The van der Waals surface area contributed by atoms with Gasteiger partial charge in [0.2, 0.25) is 0 Å². The van der Waals surface area contributed by atoms with Crippen LogP contribution >= 0.6 is 24.8 Å². The number of tetrazole rings is 1. The van der Waals surface area contributed by atoms with Crippen molar-refractivity contribution in [2.24, 2.45) is 0 Å². The molecular weight excluding hydrogens is 435 g/mol. The molecule has 2 atom stereocenters. The van der Waals surface area contributed by atoms with Gasteiger partial charge in [-0.05, 0) is 53.6 Å². The van der Waals surface area contributed by atoms with E-state index in [1.807, 2.05) is 19.1 Å². The van der Waals surface area contributed by atoms with Gasteiger partial charge in [-0.15, -0.1) is 29.9 Å². The van der Waals surface area contributed by atoms with E-state index < -0.39 is 0 Å². The topological polar surface area (TPSA) is 76.9 Å². The van der Waals surface area contributed by atoms with Gasteiger partial charge in [-0.2, -0.15) is 4.68 Å². The van der Waals surface area contributed by atoms with Gasteiger partial charge in [0.25, 0.3) is 0 Å². The van der Waals surface area contributed by atoms with Crippen LogP contribution in [0.15, 0.2) is 48.5 Å². The number of ether oxygens (including phenoxy) is 1. The van der Waals surface area contributed by atoms with Crippen molar-refractivity contribution in [3.05, 3.63) is 65.5 Å². The number of hydrogen-bond donors (Lipinski definition) is 2. The van der Waals surface area contributed by atoms with Crippen LogP contribution in [0.1, 0.15) is 42.8 Å². The fraction of sp³-hybridized carbons (Fsp3) is 0.409. The molecule has 1 aliphatic heterocycles. The maximum atomic E-state index is 5.61. The summed E-state index contributed by atoms with van der Waals surface area (Å²) in [6, 6.07) is 17.4. The molecule has 2 N–H and O–H groups in total. The molecule has 4 rings (SSSR count). The molecule has 2 aromatic carbocycles. The molecule has 0 bridgehead atoms. The first kappa shape index (κ1) is 25.1. The number of aryl methyl sites for hydroxylation is 1. The minimum atomic E-state index is 0. The Morgan fingerprint density at radius 3 is 2.71 bits per heavy atom. The molecule has 31 heavy (non-hydrogen) atoms. The molecule has 1 aromatic heterocycles. The molecule has 7 nitrogen and oxygen atoms in total. The van der Waals surface area contributed by atoms with Crippen LogP contribution in [-0.2, 0) is 13.0 Å². The SMILES string of the molecule is CCc1nnnn1-c1ccc(OC)c(CN[C@H]2CCCN[C@H]2c2ccccc2)c1.Cl.Cl. The monoisotopic (exact) mass is 464 g/mol. The highest BCUT2D eigenvalue weighted by Crippen LogP contribution is 2.26. The Balaban J connectivity index is 0.00000171. The average Bonchev–Trinajstić information content (AvgIpc) is 3.27. The Morgan fingerprint density at radius 1 is 1.16 bits per heavy atom. The zero-order valence-corrected chi connectivity index (χ0v) is 19.5. The highest BCUT2D eigenvalue weighted by Gasteiger charge is 2.25. The van der Waals surface area contributed by atoms with Crippen LogP contribution in [0, 0.1) is 0 Å². The van der Waals surface area contributed by atoms with Crippen molar-refractivity contribution in [3.63, 3.8) is 0 Å². The second-order valence-corrected chi connectivity index (χ2v) is 7.33. The smallest absolute Gasteiger partial charge is 0.156 e. The summed E-state index contributed by atoms with van der Waals surface area (Å²) in [7, 11) is 1.71. The van der Waals surface area contributed by atoms with E-state index in [9.17, 15) is 0 Å². The molecule has 9 heteroatoms. The lowest BCUT2D eigenvalue weighted by Gasteiger charge is -2.34. The van der Waals surface area contributed by atoms with Crippen molar-refractivity contribution in [2.75, 3.05) is 13.7 Å². The van der Waals surface area contributed by atoms with Crippen LogP contribution in [0.4, 0.5) is 0 Å². The van der Waals surface area contributed by atoms with Gasteiger partial charge in [0.1, 0.15) is 5.75 Å². The Hall–Kier alpha value is -2.19. The molecule has 0 aliphatic carbocycles. The minimum Gasteiger partial charge on any atom is -0.496 e. The van der Waals surface area contributed by atoms with E-state index in [0.717, 1.165) is 48.8 Å². The molecule has 1 aliphatic rings. The maximum Gasteiger partial charge on any atom is 0.156 e. The van der Waals surface area contributed by atoms with Gasteiger partial charge in [0.05, 0.1) is 12.8 Å². The zero-order chi connectivity index (χ0) is 20.1. The predicted octanol–water partition coefficient (Wildman–Crippen LogP) is 3.66. The van der Waals surface area contributed by atoms with Crippen LogP contribution in [-0.4, -0.2) is 39.9 Å². The molecule has 0 spiro atoms. The first-order valence-electron chi connectivity index (χ1n) is 10.3. The van der Waals surface area contributed by atoms with Crippen LogP contribution in [0.5, 0.6) is 5.75 Å². The van der Waals surface area contributed by atoms with E-state index >= 15 is 0 Å². The number of halogens is 2. The van der Waals surface area contributed by atoms with E-state index in [2.05, 4.69) is 62.6 Å². The summed E-state index contributed by atoms with van der Waals surface area (Å²) in [5.74, 6) is 1.71. The van der Waals surface area contributed by atoms with Gasteiger partial charge < -0.3 is 15.4 Å². The molecule has 1 fully saturated rings. The lowest BCUT2D eigenvalue weighted by molar-refractivity contribution is 0.303. The van der Waals surface area contributed by atoms with Gasteiger partial charge in [-0.25, -0.2) is 0 Å². The van der Waals surface area contributed by atoms with Crippen LogP contribution in [0.3, 0.4) is 0 Å². The molecule has 0 radical (unpaired) electrons. The van der Waals surface area contributed by atoms with Crippen LogP contribution < -0.4 is 15.4 Å². The van der Waals surface area contributed by atoms with Crippen LogP contribution in [0.25, 0.3) is 5.69 Å². The van der Waals surface area contributed by atoms with Crippen LogP contribution in [0.2, 0.25) is 0 Å². The normalized spacial score (nSPS) is 18.0. The number of nitrogens with zero attached hydrogens (tertiary/aromatic N) is 4. The van der Waals surface area contributed by atoms with Gasteiger partial charge in [-0.1, -0.05) is 37.3 Å². The Morgan fingerprint density at radius 2 is 1.97 bits per heavy atom. The fourth-order valence-electron chi connectivity index (χ4n) is 4.02. The first-order valence-corrected chi connectivity index (χ1v) is 10.3. The minimum absolute atomic E-state index is 0. The quantitative estimate of drug-likeness (QED) is 0.555. The Labute approximate surface area is 195 Å². The van der Waals surface area contributed by atoms with Crippen molar-refractivity contribution < 1.29 is 4.74 Å². The number of methoxy groups -OCH3 is 1. The summed E-state index contributed by atoms with van der Waals surface area (Å²) < 4.78 is 7.40. The van der Waals surface area contributed by atoms with Crippen molar-refractivity contribution in [3.8, 4) is 11.4 Å². The second-order valence-electron chi connectivity index (χ2n) is 7.33. The third-order valence-corrected chi connectivity index (χ3v) is 5.53. The fourth-order valence-corrected chi connectivity index (χ4v) is 4.02. The third kappa shape index (κ3) is 5.74. The summed E-state index contributed by atoms with van der Waals surface area (Å²) in [5.41, 5.74) is 3.37. The number of nitrogens with one attached hydrogen (secondary N) is 2. The summed E-state index contributed by atoms with van der Waals surface area (Å²) >= 11 is 0. The van der Waals surface area contributed by atoms with E-state index in [1.165, 1.54) is 12.0 Å². The average molecular weight is 465 g/mol. The Bertz CT molecular complexity index is 937. The van der Waals surface area contributed by atoms with E-state index in [4.69, 9.17) is 4.74 Å². The molecular formula is C22H30Cl2N6O. The van der Waals surface area contributed by atoms with Gasteiger partial charge in [-0.3, -0.25) is 0 Å².